The Morgan fingerprint density at radius 3 is 2.31 bits per heavy atom. The van der Waals surface area contributed by atoms with Crippen LogP contribution in [-0.2, 0) is 4.79 Å². The van der Waals surface area contributed by atoms with Crippen molar-refractivity contribution in [3.63, 3.8) is 0 Å². The first-order valence-corrected chi connectivity index (χ1v) is 7.93. The van der Waals surface area contributed by atoms with Crippen LogP contribution in [0.5, 0.6) is 11.5 Å². The van der Waals surface area contributed by atoms with E-state index in [1.165, 1.54) is 7.11 Å². The quantitative estimate of drug-likeness (QED) is 0.660. The third-order valence-corrected chi connectivity index (χ3v) is 4.31. The number of carboxylic acid groups (broad SMARTS) is 1. The molecule has 1 unspecified atom stereocenters. The van der Waals surface area contributed by atoms with E-state index in [2.05, 4.69) is 10.2 Å². The van der Waals surface area contributed by atoms with Gasteiger partial charge in [0.05, 0.1) is 25.7 Å². The summed E-state index contributed by atoms with van der Waals surface area (Å²) in [7, 11) is 3.04. The first-order chi connectivity index (χ1) is 12.5. The maximum Gasteiger partial charge on any atom is 0.310 e. The lowest BCUT2D eigenvalue weighted by atomic mass is 9.96. The predicted octanol–water partition coefficient (Wildman–Crippen LogP) is 3.00. The van der Waals surface area contributed by atoms with Crippen LogP contribution in [0, 0.1) is 0 Å². The first kappa shape index (κ1) is 17.5. The summed E-state index contributed by atoms with van der Waals surface area (Å²) in [5.74, 6) is -0.913. The number of nitrogens with zero attached hydrogens (tertiary/aromatic N) is 1. The van der Waals surface area contributed by atoms with Crippen LogP contribution in [0.15, 0.2) is 36.4 Å². The fraction of sp³-hybridized carbons (Fsp3) is 0.211. The molecule has 0 saturated heterocycles. The number of H-pyrrole nitrogens is 1. The van der Waals surface area contributed by atoms with Crippen LogP contribution in [0.3, 0.4) is 0 Å². The fourth-order valence-electron chi connectivity index (χ4n) is 2.76. The highest BCUT2D eigenvalue weighted by atomic mass is 16.5. The number of methoxy groups -OCH3 is 2. The second kappa shape index (κ2) is 6.87. The molecule has 1 heterocycles. The van der Waals surface area contributed by atoms with Crippen LogP contribution in [-0.4, -0.2) is 41.3 Å². The normalized spacial score (nSPS) is 12.0. The second-order valence-corrected chi connectivity index (χ2v) is 5.83. The van der Waals surface area contributed by atoms with E-state index in [0.717, 1.165) is 0 Å². The van der Waals surface area contributed by atoms with Gasteiger partial charge in [0.1, 0.15) is 17.2 Å². The molecule has 2 aromatic carbocycles. The summed E-state index contributed by atoms with van der Waals surface area (Å²) >= 11 is 0. The van der Waals surface area contributed by atoms with Gasteiger partial charge >= 0.3 is 5.97 Å². The molecule has 0 spiro atoms. The molecular weight excluding hydrogens is 336 g/mol. The fourth-order valence-corrected chi connectivity index (χ4v) is 2.76. The predicted molar refractivity (Wildman–Crippen MR) is 95.1 cm³/mol. The minimum Gasteiger partial charge on any atom is -0.497 e. The van der Waals surface area contributed by atoms with Crippen LogP contribution in [0.4, 0.5) is 0 Å². The zero-order valence-corrected chi connectivity index (χ0v) is 14.6. The zero-order valence-electron chi connectivity index (χ0n) is 14.6. The third-order valence-electron chi connectivity index (χ3n) is 4.31. The number of carbonyl (C=O) groups excluding carboxylic acids is 1. The van der Waals surface area contributed by atoms with Crippen molar-refractivity contribution in [2.45, 2.75) is 12.8 Å². The van der Waals surface area contributed by atoms with Crippen molar-refractivity contribution in [2.24, 2.45) is 0 Å². The molecular formula is C19H18N2O5. The molecule has 0 radical (unpaired) electrons. The molecule has 0 amide bonds. The SMILES string of the molecule is COc1ccc(C(=O)c2[nH]nc3c(C(C)C(=O)O)cc(OC)cc23)cc1. The van der Waals surface area contributed by atoms with Crippen LogP contribution < -0.4 is 9.47 Å². The van der Waals surface area contributed by atoms with Crippen molar-refractivity contribution in [2.75, 3.05) is 14.2 Å². The van der Waals surface area contributed by atoms with E-state index in [1.807, 2.05) is 0 Å². The van der Waals surface area contributed by atoms with Gasteiger partial charge in [-0.05, 0) is 48.9 Å². The summed E-state index contributed by atoms with van der Waals surface area (Å²) in [6, 6.07) is 10.0. The lowest BCUT2D eigenvalue weighted by molar-refractivity contribution is -0.138. The Morgan fingerprint density at radius 1 is 1.08 bits per heavy atom. The molecule has 0 aliphatic heterocycles. The van der Waals surface area contributed by atoms with Crippen molar-refractivity contribution in [1.82, 2.24) is 10.2 Å². The molecule has 0 saturated carbocycles. The number of aromatic nitrogens is 2. The molecule has 0 aliphatic rings. The summed E-state index contributed by atoms with van der Waals surface area (Å²) in [5, 5.41) is 16.8. The molecule has 0 aliphatic carbocycles. The van der Waals surface area contributed by atoms with Crippen molar-refractivity contribution < 1.29 is 24.2 Å². The largest absolute Gasteiger partial charge is 0.497 e. The number of fused-ring (bicyclic) bond motifs is 1. The maximum absolute atomic E-state index is 12.9. The number of carboxylic acids is 1. The van der Waals surface area contributed by atoms with Gasteiger partial charge in [-0.25, -0.2) is 0 Å². The average molecular weight is 354 g/mol. The number of ketones is 1. The Kier molecular flexibility index (Phi) is 4.62. The van der Waals surface area contributed by atoms with E-state index in [1.54, 1.807) is 50.4 Å². The van der Waals surface area contributed by atoms with Crippen molar-refractivity contribution in [3.8, 4) is 11.5 Å². The van der Waals surface area contributed by atoms with Gasteiger partial charge in [0.2, 0.25) is 5.78 Å². The highest BCUT2D eigenvalue weighted by molar-refractivity contribution is 6.15. The highest BCUT2D eigenvalue weighted by Gasteiger charge is 2.23. The Morgan fingerprint density at radius 2 is 1.73 bits per heavy atom. The molecule has 3 rings (SSSR count). The molecule has 7 nitrogen and oxygen atoms in total. The van der Waals surface area contributed by atoms with E-state index in [4.69, 9.17) is 9.47 Å². The smallest absolute Gasteiger partial charge is 0.310 e. The second-order valence-electron chi connectivity index (χ2n) is 5.83. The maximum atomic E-state index is 12.9. The number of hydrogen-bond acceptors (Lipinski definition) is 5. The monoisotopic (exact) mass is 354 g/mol. The summed E-state index contributed by atoms with van der Waals surface area (Å²) < 4.78 is 10.4. The number of carbonyl (C=O) groups is 2. The summed E-state index contributed by atoms with van der Waals surface area (Å²) in [4.78, 5) is 24.3. The number of rotatable bonds is 6. The van der Waals surface area contributed by atoms with Gasteiger partial charge in [0.25, 0.3) is 0 Å². The lowest BCUT2D eigenvalue weighted by Gasteiger charge is -2.10. The molecule has 134 valence electrons. The van der Waals surface area contributed by atoms with Crippen LogP contribution in [0.1, 0.15) is 34.5 Å². The number of aliphatic carboxylic acids is 1. The van der Waals surface area contributed by atoms with Crippen molar-refractivity contribution in [3.05, 3.63) is 53.2 Å². The Hall–Kier alpha value is -3.35. The van der Waals surface area contributed by atoms with Gasteiger partial charge in [-0.2, -0.15) is 5.10 Å². The van der Waals surface area contributed by atoms with Crippen LogP contribution in [0.2, 0.25) is 0 Å². The standard InChI is InChI=1S/C19H18N2O5/c1-10(19(23)24)14-8-13(26-3)9-15-16(14)20-21-17(15)18(22)11-4-6-12(25-2)7-5-11/h4-10H,1-3H3,(H,20,21)(H,23,24). The van der Waals surface area contributed by atoms with Gasteiger partial charge < -0.3 is 14.6 Å². The van der Waals surface area contributed by atoms with Gasteiger partial charge in [-0.15, -0.1) is 0 Å². The summed E-state index contributed by atoms with van der Waals surface area (Å²) in [6.07, 6.45) is 0. The van der Waals surface area contributed by atoms with Gasteiger partial charge in [-0.1, -0.05) is 0 Å². The molecule has 7 heteroatoms. The number of hydrogen-bond donors (Lipinski definition) is 2. The summed E-state index contributed by atoms with van der Waals surface area (Å²) in [5.41, 5.74) is 1.67. The van der Waals surface area contributed by atoms with E-state index in [0.29, 0.717) is 33.5 Å². The Bertz CT molecular complexity index is 976. The Labute approximate surface area is 149 Å². The van der Waals surface area contributed by atoms with E-state index >= 15 is 0 Å². The van der Waals surface area contributed by atoms with Crippen LogP contribution in [0.25, 0.3) is 10.9 Å². The number of nitrogens with one attached hydrogen (secondary N) is 1. The van der Waals surface area contributed by atoms with Crippen molar-refractivity contribution in [1.29, 1.82) is 0 Å². The Balaban J connectivity index is 2.13. The lowest BCUT2D eigenvalue weighted by Crippen LogP contribution is -2.08. The number of ether oxygens (including phenoxy) is 2. The molecule has 1 atom stereocenters. The minimum atomic E-state index is -0.981. The summed E-state index contributed by atoms with van der Waals surface area (Å²) in [6.45, 7) is 1.57. The van der Waals surface area contributed by atoms with E-state index in [-0.39, 0.29) is 11.5 Å². The molecule has 3 aromatic rings. The molecule has 1 aromatic heterocycles. The molecule has 2 N–H and O–H groups in total. The number of benzene rings is 2. The van der Waals surface area contributed by atoms with Gasteiger partial charge in [0.15, 0.2) is 0 Å². The van der Waals surface area contributed by atoms with Crippen LogP contribution >= 0.6 is 0 Å². The zero-order chi connectivity index (χ0) is 18.8. The molecule has 0 bridgehead atoms. The highest BCUT2D eigenvalue weighted by Crippen LogP contribution is 2.32. The third kappa shape index (κ3) is 2.99. The number of aromatic amines is 1. The van der Waals surface area contributed by atoms with E-state index in [9.17, 15) is 14.7 Å². The molecule has 26 heavy (non-hydrogen) atoms. The van der Waals surface area contributed by atoms with Gasteiger partial charge in [-0.3, -0.25) is 14.7 Å². The van der Waals surface area contributed by atoms with E-state index < -0.39 is 11.9 Å². The topological polar surface area (TPSA) is 102 Å². The first-order valence-electron chi connectivity index (χ1n) is 7.93. The van der Waals surface area contributed by atoms with Crippen molar-refractivity contribution >= 4 is 22.7 Å². The minimum absolute atomic E-state index is 0.252. The van der Waals surface area contributed by atoms with Gasteiger partial charge in [0, 0.05) is 10.9 Å². The molecule has 0 fully saturated rings. The average Bonchev–Trinajstić information content (AvgIpc) is 3.09.